The van der Waals surface area contributed by atoms with Gasteiger partial charge in [-0.25, -0.2) is 4.79 Å². The zero-order valence-electron chi connectivity index (χ0n) is 19.8. The second kappa shape index (κ2) is 9.08. The third-order valence-electron chi connectivity index (χ3n) is 7.05. The van der Waals surface area contributed by atoms with Crippen molar-refractivity contribution in [1.29, 1.82) is 0 Å². The molecular formula is C28H24N4O4S. The molecule has 2 unspecified atom stereocenters. The van der Waals surface area contributed by atoms with Gasteiger partial charge in [-0.2, -0.15) is 0 Å². The van der Waals surface area contributed by atoms with Crippen LogP contribution in [-0.2, 0) is 27.2 Å². The quantitative estimate of drug-likeness (QED) is 0.464. The number of para-hydroxylation sites is 1. The lowest BCUT2D eigenvalue weighted by Gasteiger charge is -2.22. The number of fused-ring (bicyclic) bond motifs is 2. The first-order chi connectivity index (χ1) is 17.9. The largest absolute Gasteiger partial charge is 0.325 e. The van der Waals surface area contributed by atoms with E-state index in [1.54, 1.807) is 22.7 Å². The summed E-state index contributed by atoms with van der Waals surface area (Å²) in [4.78, 5) is 53.0. The van der Waals surface area contributed by atoms with Crippen molar-refractivity contribution in [3.8, 4) is 0 Å². The summed E-state index contributed by atoms with van der Waals surface area (Å²) in [7, 11) is 0. The highest BCUT2D eigenvalue weighted by Gasteiger charge is 2.50. The lowest BCUT2D eigenvalue weighted by atomic mass is 9.96. The number of hydrogen-bond acceptors (Lipinski definition) is 5. The maximum atomic E-state index is 13.4. The Bertz CT molecular complexity index is 1440. The molecule has 0 saturated carbocycles. The van der Waals surface area contributed by atoms with Crippen molar-refractivity contribution in [3.05, 3.63) is 89.5 Å². The highest BCUT2D eigenvalue weighted by molar-refractivity contribution is 7.99. The van der Waals surface area contributed by atoms with Gasteiger partial charge in [-0.05, 0) is 41.0 Å². The van der Waals surface area contributed by atoms with Gasteiger partial charge < -0.3 is 15.5 Å². The zero-order valence-corrected chi connectivity index (χ0v) is 20.6. The molecule has 2 heterocycles. The van der Waals surface area contributed by atoms with Gasteiger partial charge in [0.1, 0.15) is 12.1 Å². The molecule has 3 N–H and O–H groups in total. The fraction of sp³-hybridized carbons (Fsp3) is 0.214. The van der Waals surface area contributed by atoms with E-state index >= 15 is 0 Å². The number of carbonyl (C=O) groups excluding carboxylic acids is 4. The predicted octanol–water partition coefficient (Wildman–Crippen LogP) is 3.57. The summed E-state index contributed by atoms with van der Waals surface area (Å²) >= 11 is 1.64. The predicted molar refractivity (Wildman–Crippen MR) is 140 cm³/mol. The molecule has 3 aliphatic rings. The number of anilines is 2. The van der Waals surface area contributed by atoms with Gasteiger partial charge in [0.05, 0.1) is 5.69 Å². The van der Waals surface area contributed by atoms with Gasteiger partial charge in [0.25, 0.3) is 5.91 Å². The summed E-state index contributed by atoms with van der Waals surface area (Å²) < 4.78 is 0. The molecule has 186 valence electrons. The van der Waals surface area contributed by atoms with Gasteiger partial charge in [-0.3, -0.25) is 19.7 Å². The molecule has 0 bridgehead atoms. The van der Waals surface area contributed by atoms with E-state index in [0.29, 0.717) is 18.5 Å². The van der Waals surface area contributed by atoms with Crippen LogP contribution in [0.15, 0.2) is 77.7 Å². The lowest BCUT2D eigenvalue weighted by molar-refractivity contribution is -0.123. The Morgan fingerprint density at radius 2 is 1.73 bits per heavy atom. The van der Waals surface area contributed by atoms with E-state index in [4.69, 9.17) is 0 Å². The van der Waals surface area contributed by atoms with E-state index in [2.05, 4.69) is 16.0 Å². The number of hydrogen-bond donors (Lipinski definition) is 3. The van der Waals surface area contributed by atoms with E-state index in [-0.39, 0.29) is 35.9 Å². The molecule has 3 aromatic carbocycles. The van der Waals surface area contributed by atoms with Crippen molar-refractivity contribution in [1.82, 2.24) is 10.6 Å². The summed E-state index contributed by atoms with van der Waals surface area (Å²) in [6, 6.07) is 22.6. The molecule has 6 rings (SSSR count). The van der Waals surface area contributed by atoms with E-state index < -0.39 is 11.6 Å². The van der Waals surface area contributed by atoms with Crippen LogP contribution >= 0.6 is 11.8 Å². The highest BCUT2D eigenvalue weighted by Crippen LogP contribution is 2.45. The van der Waals surface area contributed by atoms with Crippen LogP contribution in [0.2, 0.25) is 0 Å². The van der Waals surface area contributed by atoms with Crippen LogP contribution in [0.5, 0.6) is 0 Å². The van der Waals surface area contributed by atoms with Crippen molar-refractivity contribution in [2.24, 2.45) is 0 Å². The number of thioether (sulfide) groups is 1. The molecule has 37 heavy (non-hydrogen) atoms. The fourth-order valence-corrected chi connectivity index (χ4v) is 6.56. The van der Waals surface area contributed by atoms with E-state index in [1.165, 1.54) is 0 Å². The number of amides is 5. The molecule has 0 radical (unpaired) electrons. The molecule has 2 atom stereocenters. The number of nitrogens with one attached hydrogen (secondary N) is 3. The molecule has 8 nitrogen and oxygen atoms in total. The smallest absolute Gasteiger partial charge is 0.322 e. The van der Waals surface area contributed by atoms with Gasteiger partial charge in [-0.15, -0.1) is 11.8 Å². The summed E-state index contributed by atoms with van der Waals surface area (Å²) in [5, 5.41) is 7.92. The minimum atomic E-state index is -0.961. The number of benzene rings is 3. The van der Waals surface area contributed by atoms with E-state index in [9.17, 15) is 19.2 Å². The molecule has 1 aliphatic carbocycles. The summed E-state index contributed by atoms with van der Waals surface area (Å²) in [5.74, 6) is -0.754. The maximum Gasteiger partial charge on any atom is 0.322 e. The zero-order chi connectivity index (χ0) is 25.6. The Labute approximate surface area is 217 Å². The normalized spacial score (nSPS) is 22.2. The molecule has 9 heteroatoms. The van der Waals surface area contributed by atoms with Crippen molar-refractivity contribution in [3.63, 3.8) is 0 Å². The SMILES string of the molecule is O=C(CN1C(=O)CC(c2ccccc2)Sc2ccccc21)Nc1ccc2c(c1)CC1(C2)NC(=O)NC1=O. The second-order valence-electron chi connectivity index (χ2n) is 9.54. The molecule has 3 aromatic rings. The number of nitrogens with zero attached hydrogens (tertiary/aromatic N) is 1. The molecule has 5 amide bonds. The number of imide groups is 1. The van der Waals surface area contributed by atoms with Crippen LogP contribution < -0.4 is 20.9 Å². The standard InChI is InChI=1S/C28H24N4O4S/c33-24(29-20-11-10-18-14-28(15-19(18)12-20)26(35)30-27(36)31-28)16-32-21-8-4-5-9-22(21)37-23(13-25(32)34)17-6-2-1-3-7-17/h1-12,23H,13-16H2,(H,29,33)(H2,30,31,35,36). The van der Waals surface area contributed by atoms with Crippen molar-refractivity contribution >= 4 is 46.9 Å². The average Bonchev–Trinajstić information content (AvgIpc) is 3.34. The Morgan fingerprint density at radius 3 is 2.51 bits per heavy atom. The fourth-order valence-electron chi connectivity index (χ4n) is 5.28. The number of carbonyl (C=O) groups is 4. The molecule has 0 aromatic heterocycles. The van der Waals surface area contributed by atoms with E-state index in [0.717, 1.165) is 27.3 Å². The van der Waals surface area contributed by atoms with Crippen LogP contribution in [0, 0.1) is 0 Å². The van der Waals surface area contributed by atoms with Gasteiger partial charge >= 0.3 is 6.03 Å². The van der Waals surface area contributed by atoms with Gasteiger partial charge in [0, 0.05) is 35.1 Å². The minimum absolute atomic E-state index is 0.0415. The van der Waals surface area contributed by atoms with Crippen molar-refractivity contribution < 1.29 is 19.2 Å². The lowest BCUT2D eigenvalue weighted by Crippen LogP contribution is -2.47. The number of urea groups is 1. The molecule has 1 saturated heterocycles. The van der Waals surface area contributed by atoms with Gasteiger partial charge in [0.2, 0.25) is 11.8 Å². The van der Waals surface area contributed by atoms with Crippen LogP contribution in [0.1, 0.15) is 28.4 Å². The molecule has 1 fully saturated rings. The van der Waals surface area contributed by atoms with Gasteiger partial charge in [0.15, 0.2) is 0 Å². The van der Waals surface area contributed by atoms with Crippen LogP contribution in [-0.4, -0.2) is 35.8 Å². The molecule has 1 spiro atoms. The molecular weight excluding hydrogens is 488 g/mol. The van der Waals surface area contributed by atoms with Crippen molar-refractivity contribution in [2.45, 2.75) is 34.9 Å². The van der Waals surface area contributed by atoms with E-state index in [1.807, 2.05) is 66.7 Å². The summed E-state index contributed by atoms with van der Waals surface area (Å²) in [6.07, 6.45) is 1.05. The van der Waals surface area contributed by atoms with Crippen LogP contribution in [0.3, 0.4) is 0 Å². The van der Waals surface area contributed by atoms with Crippen LogP contribution in [0.25, 0.3) is 0 Å². The third kappa shape index (κ3) is 4.35. The monoisotopic (exact) mass is 512 g/mol. The first-order valence-electron chi connectivity index (χ1n) is 12.1. The minimum Gasteiger partial charge on any atom is -0.325 e. The summed E-state index contributed by atoms with van der Waals surface area (Å²) in [5.41, 5.74) is 3.27. The third-order valence-corrected chi connectivity index (χ3v) is 8.37. The Morgan fingerprint density at radius 1 is 0.973 bits per heavy atom. The first kappa shape index (κ1) is 23.3. The second-order valence-corrected chi connectivity index (χ2v) is 10.8. The Balaban J connectivity index is 1.19. The Kier molecular flexibility index (Phi) is 5.72. The highest BCUT2D eigenvalue weighted by atomic mass is 32.2. The summed E-state index contributed by atoms with van der Waals surface area (Å²) in [6.45, 7) is -0.114. The first-order valence-corrected chi connectivity index (χ1v) is 12.9. The molecule has 2 aliphatic heterocycles. The topological polar surface area (TPSA) is 108 Å². The van der Waals surface area contributed by atoms with Gasteiger partial charge in [-0.1, -0.05) is 48.5 Å². The number of rotatable bonds is 4. The van der Waals surface area contributed by atoms with Crippen LogP contribution in [0.4, 0.5) is 16.2 Å². The Hall–Kier alpha value is -4.11. The average molecular weight is 513 g/mol. The maximum absolute atomic E-state index is 13.4. The van der Waals surface area contributed by atoms with Crippen molar-refractivity contribution in [2.75, 3.05) is 16.8 Å².